The summed E-state index contributed by atoms with van der Waals surface area (Å²) in [6.07, 6.45) is 0. The van der Waals surface area contributed by atoms with Crippen molar-refractivity contribution < 1.29 is 33.3 Å². The minimum absolute atomic E-state index is 0.118. The summed E-state index contributed by atoms with van der Waals surface area (Å²) in [7, 11) is 1.43. The summed E-state index contributed by atoms with van der Waals surface area (Å²) in [6.45, 7) is 3.01. The van der Waals surface area contributed by atoms with Crippen molar-refractivity contribution >= 4 is 23.3 Å². The molecule has 2 aromatic carbocycles. The average molecular weight is 401 g/mol. The second kappa shape index (κ2) is 10.7. The van der Waals surface area contributed by atoms with Gasteiger partial charge < -0.3 is 24.3 Å². The Hall–Kier alpha value is -3.55. The first kappa shape index (κ1) is 21.7. The number of esters is 1. The maximum atomic E-state index is 11.9. The van der Waals surface area contributed by atoms with Gasteiger partial charge >= 0.3 is 5.97 Å². The molecule has 0 aliphatic heterocycles. The standard InChI is InChI=1S/C21H23NO7/c1-4-27-17-8-6-16(7-9-17)22-20(24)12-29-21(25)13-28-18-10-5-15(14(2)23)11-19(18)26-3/h5-11H,4,12-13H2,1-3H3,(H,22,24). The van der Waals surface area contributed by atoms with Crippen molar-refractivity contribution in [2.75, 3.05) is 32.2 Å². The minimum atomic E-state index is -0.718. The Kier molecular flexibility index (Phi) is 8.02. The number of benzene rings is 2. The molecule has 0 saturated carbocycles. The quantitative estimate of drug-likeness (QED) is 0.483. The lowest BCUT2D eigenvalue weighted by atomic mass is 10.1. The normalized spacial score (nSPS) is 10.0. The highest BCUT2D eigenvalue weighted by molar-refractivity contribution is 5.95. The lowest BCUT2D eigenvalue weighted by Crippen LogP contribution is -2.23. The number of hydrogen-bond acceptors (Lipinski definition) is 7. The molecule has 2 rings (SSSR count). The third kappa shape index (κ3) is 6.84. The first-order chi connectivity index (χ1) is 13.9. The molecule has 0 saturated heterocycles. The van der Waals surface area contributed by atoms with Crippen LogP contribution < -0.4 is 19.5 Å². The Labute approximate surface area is 168 Å². The van der Waals surface area contributed by atoms with Crippen molar-refractivity contribution in [2.45, 2.75) is 13.8 Å². The Balaban J connectivity index is 1.79. The molecule has 0 aliphatic rings. The zero-order valence-corrected chi connectivity index (χ0v) is 16.5. The summed E-state index contributed by atoms with van der Waals surface area (Å²) in [5.74, 6) is -0.0175. The van der Waals surface area contributed by atoms with Gasteiger partial charge in [-0.3, -0.25) is 9.59 Å². The zero-order valence-electron chi connectivity index (χ0n) is 16.5. The number of methoxy groups -OCH3 is 1. The fraction of sp³-hybridized carbons (Fsp3) is 0.286. The molecule has 0 aliphatic carbocycles. The fourth-order valence-corrected chi connectivity index (χ4v) is 2.33. The molecule has 0 fully saturated rings. The Bertz CT molecular complexity index is 862. The van der Waals surface area contributed by atoms with E-state index in [4.69, 9.17) is 18.9 Å². The van der Waals surface area contributed by atoms with Gasteiger partial charge in [-0.1, -0.05) is 0 Å². The molecule has 8 heteroatoms. The van der Waals surface area contributed by atoms with Gasteiger partial charge in [-0.25, -0.2) is 4.79 Å². The van der Waals surface area contributed by atoms with Gasteiger partial charge in [0.05, 0.1) is 13.7 Å². The molecule has 0 unspecified atom stereocenters. The fourth-order valence-electron chi connectivity index (χ4n) is 2.33. The summed E-state index contributed by atoms with van der Waals surface area (Å²) >= 11 is 0. The van der Waals surface area contributed by atoms with Crippen LogP contribution in [0, 0.1) is 0 Å². The molecular weight excluding hydrogens is 378 g/mol. The van der Waals surface area contributed by atoms with E-state index in [-0.39, 0.29) is 11.5 Å². The summed E-state index contributed by atoms with van der Waals surface area (Å²) in [5.41, 5.74) is 1.02. The molecule has 1 amide bonds. The second-order valence-electron chi connectivity index (χ2n) is 5.88. The van der Waals surface area contributed by atoms with Crippen LogP contribution in [0.1, 0.15) is 24.2 Å². The number of ketones is 1. The molecule has 1 N–H and O–H groups in total. The number of carbonyl (C=O) groups is 3. The third-order valence-electron chi connectivity index (χ3n) is 3.73. The van der Waals surface area contributed by atoms with E-state index < -0.39 is 25.1 Å². The number of rotatable bonds is 10. The summed E-state index contributed by atoms with van der Waals surface area (Å²) in [4.78, 5) is 35.1. The van der Waals surface area contributed by atoms with E-state index in [0.29, 0.717) is 29.4 Å². The molecule has 0 bridgehead atoms. The third-order valence-corrected chi connectivity index (χ3v) is 3.73. The lowest BCUT2D eigenvalue weighted by molar-refractivity contribution is -0.149. The van der Waals surface area contributed by atoms with Gasteiger partial charge in [0.1, 0.15) is 5.75 Å². The monoisotopic (exact) mass is 401 g/mol. The number of amides is 1. The van der Waals surface area contributed by atoms with Crippen LogP contribution in [-0.2, 0) is 14.3 Å². The molecule has 29 heavy (non-hydrogen) atoms. The summed E-state index contributed by atoms with van der Waals surface area (Å²) < 4.78 is 20.7. The van der Waals surface area contributed by atoms with Crippen LogP contribution in [0.25, 0.3) is 0 Å². The molecule has 8 nitrogen and oxygen atoms in total. The van der Waals surface area contributed by atoms with Gasteiger partial charge in [0.2, 0.25) is 0 Å². The highest BCUT2D eigenvalue weighted by Crippen LogP contribution is 2.28. The van der Waals surface area contributed by atoms with Gasteiger partial charge in [-0.05, 0) is 56.3 Å². The van der Waals surface area contributed by atoms with Crippen LogP contribution in [0.4, 0.5) is 5.69 Å². The van der Waals surface area contributed by atoms with E-state index in [1.807, 2.05) is 6.92 Å². The number of carbonyl (C=O) groups excluding carboxylic acids is 3. The molecule has 154 valence electrons. The first-order valence-electron chi connectivity index (χ1n) is 8.93. The van der Waals surface area contributed by atoms with E-state index >= 15 is 0 Å². The summed E-state index contributed by atoms with van der Waals surface area (Å²) in [5, 5.41) is 2.61. The average Bonchev–Trinajstić information content (AvgIpc) is 2.72. The smallest absolute Gasteiger partial charge is 0.344 e. The maximum Gasteiger partial charge on any atom is 0.344 e. The molecule has 0 spiro atoms. The minimum Gasteiger partial charge on any atom is -0.494 e. The van der Waals surface area contributed by atoms with Crippen molar-refractivity contribution in [2.24, 2.45) is 0 Å². The Morgan fingerprint density at radius 2 is 1.66 bits per heavy atom. The predicted octanol–water partition coefficient (Wildman–Crippen LogP) is 2.86. The lowest BCUT2D eigenvalue weighted by Gasteiger charge is -2.11. The zero-order chi connectivity index (χ0) is 21.2. The predicted molar refractivity (Wildman–Crippen MR) is 106 cm³/mol. The van der Waals surface area contributed by atoms with E-state index in [0.717, 1.165) is 0 Å². The number of ether oxygens (including phenoxy) is 4. The molecule has 0 heterocycles. The molecule has 2 aromatic rings. The number of hydrogen-bond donors (Lipinski definition) is 1. The van der Waals surface area contributed by atoms with Crippen molar-refractivity contribution in [3.63, 3.8) is 0 Å². The van der Waals surface area contributed by atoms with Gasteiger partial charge in [0.15, 0.2) is 30.5 Å². The van der Waals surface area contributed by atoms with Crippen molar-refractivity contribution in [1.29, 1.82) is 0 Å². The van der Waals surface area contributed by atoms with Gasteiger partial charge in [0, 0.05) is 11.3 Å². The number of nitrogens with one attached hydrogen (secondary N) is 1. The summed E-state index contributed by atoms with van der Waals surface area (Å²) in [6, 6.07) is 11.4. The van der Waals surface area contributed by atoms with Gasteiger partial charge in [0.25, 0.3) is 5.91 Å². The van der Waals surface area contributed by atoms with Crippen molar-refractivity contribution in [3.05, 3.63) is 48.0 Å². The Morgan fingerprint density at radius 1 is 0.931 bits per heavy atom. The molecule has 0 aromatic heterocycles. The van der Waals surface area contributed by atoms with Crippen molar-refractivity contribution in [1.82, 2.24) is 0 Å². The van der Waals surface area contributed by atoms with E-state index in [1.165, 1.54) is 26.2 Å². The molecule has 0 atom stereocenters. The topological polar surface area (TPSA) is 100 Å². The van der Waals surface area contributed by atoms with Crippen LogP contribution in [0.15, 0.2) is 42.5 Å². The van der Waals surface area contributed by atoms with E-state index in [9.17, 15) is 14.4 Å². The van der Waals surface area contributed by atoms with Crippen LogP contribution in [0.3, 0.4) is 0 Å². The molecule has 0 radical (unpaired) electrons. The SMILES string of the molecule is CCOc1ccc(NC(=O)COC(=O)COc2ccc(C(C)=O)cc2OC)cc1. The number of Topliss-reactive ketones (excluding diaryl/α,β-unsaturated/α-hetero) is 1. The van der Waals surface area contributed by atoms with Crippen LogP contribution in [0.2, 0.25) is 0 Å². The van der Waals surface area contributed by atoms with Crippen LogP contribution in [0.5, 0.6) is 17.2 Å². The first-order valence-corrected chi connectivity index (χ1v) is 8.93. The van der Waals surface area contributed by atoms with Crippen molar-refractivity contribution in [3.8, 4) is 17.2 Å². The maximum absolute atomic E-state index is 11.9. The second-order valence-corrected chi connectivity index (χ2v) is 5.88. The van der Waals surface area contributed by atoms with Gasteiger partial charge in [-0.15, -0.1) is 0 Å². The molecular formula is C21H23NO7. The number of anilines is 1. The highest BCUT2D eigenvalue weighted by atomic mass is 16.6. The van der Waals surface area contributed by atoms with Gasteiger partial charge in [-0.2, -0.15) is 0 Å². The largest absolute Gasteiger partial charge is 0.494 e. The van der Waals surface area contributed by atoms with Crippen LogP contribution >= 0.6 is 0 Å². The Morgan fingerprint density at radius 3 is 2.28 bits per heavy atom. The highest BCUT2D eigenvalue weighted by Gasteiger charge is 2.12. The van der Waals surface area contributed by atoms with E-state index in [1.54, 1.807) is 30.3 Å². The van der Waals surface area contributed by atoms with Crippen LogP contribution in [-0.4, -0.2) is 44.6 Å². The van der Waals surface area contributed by atoms with E-state index in [2.05, 4.69) is 5.32 Å².